The van der Waals surface area contributed by atoms with Crippen molar-refractivity contribution < 1.29 is 19.0 Å². The van der Waals surface area contributed by atoms with Crippen molar-refractivity contribution in [3.8, 4) is 5.75 Å². The Morgan fingerprint density at radius 2 is 2.28 bits per heavy atom. The Balaban J connectivity index is 2.83. The van der Waals surface area contributed by atoms with Crippen LogP contribution < -0.4 is 10.5 Å². The van der Waals surface area contributed by atoms with E-state index in [0.717, 1.165) is 0 Å². The zero-order valence-electron chi connectivity index (χ0n) is 10.4. The third-order valence-corrected chi connectivity index (χ3v) is 2.84. The molecule has 3 N–H and O–H groups in total. The molecule has 0 aliphatic carbocycles. The standard InChI is InChI=1S/C13H18FNO3/c1-18-11-6-2-4-9(12(11)14)8-10(13(16)17)5-3-7-15/h2,4,6,10H,3,5,7-8,15H2,1H3,(H,16,17). The highest BCUT2D eigenvalue weighted by atomic mass is 19.1. The quantitative estimate of drug-likeness (QED) is 0.779. The van der Waals surface area contributed by atoms with Crippen LogP contribution in [0.25, 0.3) is 0 Å². The van der Waals surface area contributed by atoms with Gasteiger partial charge in [0, 0.05) is 0 Å². The maximum Gasteiger partial charge on any atom is 0.306 e. The normalized spacial score (nSPS) is 12.2. The molecular formula is C13H18FNO3. The minimum Gasteiger partial charge on any atom is -0.494 e. The first-order valence-electron chi connectivity index (χ1n) is 5.84. The Kier molecular flexibility index (Phi) is 5.58. The van der Waals surface area contributed by atoms with Crippen LogP contribution in [0.5, 0.6) is 5.75 Å². The lowest BCUT2D eigenvalue weighted by Gasteiger charge is -2.13. The highest BCUT2D eigenvalue weighted by Crippen LogP contribution is 2.23. The fraction of sp³-hybridized carbons (Fsp3) is 0.462. The number of rotatable bonds is 7. The van der Waals surface area contributed by atoms with Crippen LogP contribution in [0, 0.1) is 11.7 Å². The van der Waals surface area contributed by atoms with Crippen LogP contribution in [-0.2, 0) is 11.2 Å². The van der Waals surface area contributed by atoms with Gasteiger partial charge < -0.3 is 15.6 Å². The molecule has 0 aliphatic rings. The van der Waals surface area contributed by atoms with E-state index >= 15 is 0 Å². The van der Waals surface area contributed by atoms with Crippen LogP contribution in [0.2, 0.25) is 0 Å². The van der Waals surface area contributed by atoms with Crippen molar-refractivity contribution in [3.05, 3.63) is 29.6 Å². The summed E-state index contributed by atoms with van der Waals surface area (Å²) in [5, 5.41) is 9.08. The van der Waals surface area contributed by atoms with Gasteiger partial charge >= 0.3 is 5.97 Å². The number of nitrogens with two attached hydrogens (primary N) is 1. The minimum atomic E-state index is -0.925. The number of hydrogen-bond donors (Lipinski definition) is 2. The smallest absolute Gasteiger partial charge is 0.306 e. The molecule has 0 saturated heterocycles. The molecule has 0 aromatic heterocycles. The minimum absolute atomic E-state index is 0.135. The van der Waals surface area contributed by atoms with E-state index in [0.29, 0.717) is 24.9 Å². The Morgan fingerprint density at radius 1 is 1.56 bits per heavy atom. The summed E-state index contributed by atoms with van der Waals surface area (Å²) in [6.45, 7) is 0.435. The predicted octanol–water partition coefficient (Wildman–Crippen LogP) is 1.82. The second kappa shape index (κ2) is 6.96. The molecule has 5 heteroatoms. The van der Waals surface area contributed by atoms with E-state index in [1.54, 1.807) is 12.1 Å². The molecule has 1 unspecified atom stereocenters. The molecule has 1 aromatic rings. The summed E-state index contributed by atoms with van der Waals surface area (Å²) in [5.74, 6) is -1.89. The fourth-order valence-electron chi connectivity index (χ4n) is 1.81. The molecule has 0 amide bonds. The van der Waals surface area contributed by atoms with E-state index in [1.165, 1.54) is 13.2 Å². The lowest BCUT2D eigenvalue weighted by Crippen LogP contribution is -2.18. The van der Waals surface area contributed by atoms with E-state index in [1.807, 2.05) is 0 Å². The van der Waals surface area contributed by atoms with Gasteiger partial charge in [-0.3, -0.25) is 4.79 Å². The highest BCUT2D eigenvalue weighted by Gasteiger charge is 2.20. The summed E-state index contributed by atoms with van der Waals surface area (Å²) in [6, 6.07) is 4.74. The van der Waals surface area contributed by atoms with Crippen molar-refractivity contribution in [3.63, 3.8) is 0 Å². The molecule has 0 spiro atoms. The van der Waals surface area contributed by atoms with E-state index in [9.17, 15) is 9.18 Å². The molecule has 1 aromatic carbocycles. The van der Waals surface area contributed by atoms with Crippen molar-refractivity contribution in [1.29, 1.82) is 0 Å². The number of ether oxygens (including phenoxy) is 1. The van der Waals surface area contributed by atoms with Crippen LogP contribution in [0.3, 0.4) is 0 Å². The monoisotopic (exact) mass is 255 g/mol. The molecule has 1 rings (SSSR count). The predicted molar refractivity (Wildman–Crippen MR) is 66.1 cm³/mol. The molecule has 0 heterocycles. The van der Waals surface area contributed by atoms with Crippen molar-refractivity contribution >= 4 is 5.97 Å². The van der Waals surface area contributed by atoms with Gasteiger partial charge in [-0.15, -0.1) is 0 Å². The molecule has 18 heavy (non-hydrogen) atoms. The third-order valence-electron chi connectivity index (χ3n) is 2.84. The molecule has 0 bridgehead atoms. The van der Waals surface area contributed by atoms with Crippen molar-refractivity contribution in [2.45, 2.75) is 19.3 Å². The van der Waals surface area contributed by atoms with Gasteiger partial charge in [0.25, 0.3) is 0 Å². The zero-order chi connectivity index (χ0) is 13.5. The number of hydrogen-bond acceptors (Lipinski definition) is 3. The van der Waals surface area contributed by atoms with Crippen molar-refractivity contribution in [2.24, 2.45) is 11.7 Å². The summed E-state index contributed by atoms with van der Waals surface area (Å²) in [6.07, 6.45) is 1.21. The first-order valence-corrected chi connectivity index (χ1v) is 5.84. The summed E-state index contributed by atoms with van der Waals surface area (Å²) in [5.41, 5.74) is 5.72. The molecule has 100 valence electrons. The number of benzene rings is 1. The molecule has 0 saturated carbocycles. The lowest BCUT2D eigenvalue weighted by atomic mass is 9.94. The summed E-state index contributed by atoms with van der Waals surface area (Å²) >= 11 is 0. The first-order chi connectivity index (χ1) is 8.60. The molecule has 1 atom stereocenters. The second-order valence-corrected chi connectivity index (χ2v) is 4.10. The average molecular weight is 255 g/mol. The Labute approximate surface area is 106 Å². The molecule has 0 aliphatic heterocycles. The van der Waals surface area contributed by atoms with Crippen molar-refractivity contribution in [1.82, 2.24) is 0 Å². The van der Waals surface area contributed by atoms with E-state index in [-0.39, 0.29) is 12.2 Å². The van der Waals surface area contributed by atoms with E-state index < -0.39 is 17.7 Å². The SMILES string of the molecule is COc1cccc(CC(CCCN)C(=O)O)c1F. The van der Waals surface area contributed by atoms with Crippen LogP contribution in [0.4, 0.5) is 4.39 Å². The number of carbonyl (C=O) groups is 1. The summed E-state index contributed by atoms with van der Waals surface area (Å²) < 4.78 is 18.7. The van der Waals surface area contributed by atoms with Gasteiger partial charge in [0.1, 0.15) is 0 Å². The molecule has 0 fully saturated rings. The van der Waals surface area contributed by atoms with Gasteiger partial charge in [0.2, 0.25) is 0 Å². The van der Waals surface area contributed by atoms with Gasteiger partial charge in [0.05, 0.1) is 13.0 Å². The van der Waals surface area contributed by atoms with Gasteiger partial charge in [-0.05, 0) is 37.4 Å². The Hall–Kier alpha value is -1.62. The lowest BCUT2D eigenvalue weighted by molar-refractivity contribution is -0.141. The number of aliphatic carboxylic acids is 1. The topological polar surface area (TPSA) is 72.5 Å². The number of carboxylic acid groups (broad SMARTS) is 1. The maximum atomic E-state index is 13.9. The van der Waals surface area contributed by atoms with Crippen LogP contribution >= 0.6 is 0 Å². The van der Waals surface area contributed by atoms with Gasteiger partial charge in [-0.25, -0.2) is 4.39 Å². The first kappa shape index (κ1) is 14.4. The summed E-state index contributed by atoms with van der Waals surface area (Å²) in [4.78, 5) is 11.1. The third kappa shape index (κ3) is 3.70. The molecular weight excluding hydrogens is 237 g/mol. The Morgan fingerprint density at radius 3 is 2.83 bits per heavy atom. The zero-order valence-corrected chi connectivity index (χ0v) is 10.4. The summed E-state index contributed by atoms with van der Waals surface area (Å²) in [7, 11) is 1.38. The largest absolute Gasteiger partial charge is 0.494 e. The maximum absolute atomic E-state index is 13.9. The molecule has 0 radical (unpaired) electrons. The van der Waals surface area contributed by atoms with Crippen molar-refractivity contribution in [2.75, 3.05) is 13.7 Å². The van der Waals surface area contributed by atoms with Gasteiger partial charge in [-0.2, -0.15) is 0 Å². The second-order valence-electron chi connectivity index (χ2n) is 4.10. The van der Waals surface area contributed by atoms with E-state index in [4.69, 9.17) is 15.6 Å². The van der Waals surface area contributed by atoms with Gasteiger partial charge in [0.15, 0.2) is 11.6 Å². The number of methoxy groups -OCH3 is 1. The average Bonchev–Trinajstić information content (AvgIpc) is 2.36. The number of halogens is 1. The van der Waals surface area contributed by atoms with Gasteiger partial charge in [-0.1, -0.05) is 12.1 Å². The van der Waals surface area contributed by atoms with Crippen LogP contribution in [0.1, 0.15) is 18.4 Å². The molecule has 4 nitrogen and oxygen atoms in total. The van der Waals surface area contributed by atoms with Crippen LogP contribution in [0.15, 0.2) is 18.2 Å². The van der Waals surface area contributed by atoms with Crippen LogP contribution in [-0.4, -0.2) is 24.7 Å². The fourth-order valence-corrected chi connectivity index (χ4v) is 1.81. The Bertz CT molecular complexity index is 409. The highest BCUT2D eigenvalue weighted by molar-refractivity contribution is 5.70. The number of carboxylic acids is 1. The van der Waals surface area contributed by atoms with E-state index in [2.05, 4.69) is 0 Å².